The monoisotopic (exact) mass is 528 g/mol. The van der Waals surface area contributed by atoms with Gasteiger partial charge in [0.25, 0.3) is 11.8 Å². The van der Waals surface area contributed by atoms with E-state index in [2.05, 4.69) is 10.3 Å². The Balaban J connectivity index is 0.000000269. The SMILES string of the molecule is CON(C)C(=O)c1ccc(NC(C)(C)C)c(N)c1.CON(C)C(=O)c1ccc2c(c1)[nH]c(=O)n2C(C)(C)C. The van der Waals surface area contributed by atoms with Crippen LogP contribution in [0.5, 0.6) is 0 Å². The van der Waals surface area contributed by atoms with Crippen molar-refractivity contribution in [3.63, 3.8) is 0 Å². The van der Waals surface area contributed by atoms with Crippen LogP contribution in [0.15, 0.2) is 41.2 Å². The number of nitrogens with zero attached hydrogens (tertiary/aromatic N) is 3. The maximum absolute atomic E-state index is 12.0. The summed E-state index contributed by atoms with van der Waals surface area (Å²) in [5.74, 6) is -0.495. The number of H-pyrrole nitrogens is 1. The number of nitrogens with two attached hydrogens (primary N) is 1. The molecule has 0 fully saturated rings. The van der Waals surface area contributed by atoms with Crippen LogP contribution in [0.2, 0.25) is 0 Å². The van der Waals surface area contributed by atoms with Gasteiger partial charge in [0.05, 0.1) is 36.6 Å². The van der Waals surface area contributed by atoms with Gasteiger partial charge in [-0.2, -0.15) is 0 Å². The van der Waals surface area contributed by atoms with E-state index in [0.29, 0.717) is 22.3 Å². The molecule has 11 heteroatoms. The molecular weight excluding hydrogens is 488 g/mol. The van der Waals surface area contributed by atoms with Crippen molar-refractivity contribution in [3.05, 3.63) is 58.0 Å². The summed E-state index contributed by atoms with van der Waals surface area (Å²) in [5, 5.41) is 5.57. The number of nitrogens with one attached hydrogen (secondary N) is 2. The largest absolute Gasteiger partial charge is 0.397 e. The molecule has 3 rings (SSSR count). The van der Waals surface area contributed by atoms with Crippen molar-refractivity contribution in [1.82, 2.24) is 19.7 Å². The highest BCUT2D eigenvalue weighted by Crippen LogP contribution is 2.24. The van der Waals surface area contributed by atoms with E-state index in [1.807, 2.05) is 41.5 Å². The van der Waals surface area contributed by atoms with E-state index in [4.69, 9.17) is 15.4 Å². The van der Waals surface area contributed by atoms with E-state index in [1.54, 1.807) is 48.0 Å². The molecule has 4 N–H and O–H groups in total. The second-order valence-electron chi connectivity index (χ2n) is 10.8. The van der Waals surface area contributed by atoms with Crippen LogP contribution in [0, 0.1) is 0 Å². The molecule has 3 aromatic rings. The fourth-order valence-corrected chi connectivity index (χ4v) is 3.65. The molecule has 0 spiro atoms. The summed E-state index contributed by atoms with van der Waals surface area (Å²) in [6.45, 7) is 12.0. The first-order valence-electron chi connectivity index (χ1n) is 12.1. The predicted molar refractivity (Wildman–Crippen MR) is 150 cm³/mol. The maximum atomic E-state index is 12.0. The Morgan fingerprint density at radius 2 is 1.39 bits per heavy atom. The number of imidazole rings is 1. The molecule has 2 aromatic carbocycles. The summed E-state index contributed by atoms with van der Waals surface area (Å²) in [5.41, 5.74) is 9.08. The standard InChI is InChI=1S/C14H19N3O3.C13H21N3O2/c1-14(2,3)17-11-7-6-9(12(18)16(4)20-5)8-10(11)15-13(17)19;1-13(2,3)15-11-7-6-9(8-10(11)14)12(17)16(4)18-5/h6-8H,1-5H3,(H,15,19);6-8,15H,14H2,1-5H3. The number of fused-ring (bicyclic) bond motifs is 1. The first-order chi connectivity index (χ1) is 17.5. The predicted octanol–water partition coefficient (Wildman–Crippen LogP) is 3.83. The normalized spacial score (nSPS) is 11.5. The van der Waals surface area contributed by atoms with Crippen molar-refractivity contribution >= 4 is 34.2 Å². The Bertz CT molecular complexity index is 1350. The Morgan fingerprint density at radius 1 is 0.895 bits per heavy atom. The van der Waals surface area contributed by atoms with E-state index in [-0.39, 0.29) is 28.6 Å². The number of carbonyl (C=O) groups excluding carboxylic acids is 2. The fraction of sp³-hybridized carbons (Fsp3) is 0.444. The Hall–Kier alpha value is -3.83. The first-order valence-corrected chi connectivity index (χ1v) is 12.1. The summed E-state index contributed by atoms with van der Waals surface area (Å²) in [6, 6.07) is 10.3. The van der Waals surface area contributed by atoms with Crippen molar-refractivity contribution in [2.75, 3.05) is 39.4 Å². The molecule has 2 amide bonds. The van der Waals surface area contributed by atoms with Gasteiger partial charge in [-0.25, -0.2) is 14.9 Å². The Kier molecular flexibility index (Phi) is 9.36. The van der Waals surface area contributed by atoms with Crippen LogP contribution in [-0.4, -0.2) is 65.3 Å². The van der Waals surface area contributed by atoms with E-state index >= 15 is 0 Å². The van der Waals surface area contributed by atoms with Gasteiger partial charge in [-0.05, 0) is 77.9 Å². The van der Waals surface area contributed by atoms with Crippen LogP contribution >= 0.6 is 0 Å². The zero-order valence-electron chi connectivity index (χ0n) is 23.9. The molecule has 0 saturated carbocycles. The minimum Gasteiger partial charge on any atom is -0.397 e. The van der Waals surface area contributed by atoms with Gasteiger partial charge < -0.3 is 16.0 Å². The van der Waals surface area contributed by atoms with Crippen molar-refractivity contribution in [1.29, 1.82) is 0 Å². The van der Waals surface area contributed by atoms with Crippen LogP contribution < -0.4 is 16.7 Å². The fourth-order valence-electron chi connectivity index (χ4n) is 3.65. The van der Waals surface area contributed by atoms with Gasteiger partial charge in [0.2, 0.25) is 0 Å². The van der Waals surface area contributed by atoms with Crippen LogP contribution in [0.25, 0.3) is 11.0 Å². The van der Waals surface area contributed by atoms with Crippen molar-refractivity contribution in [2.24, 2.45) is 0 Å². The summed E-state index contributed by atoms with van der Waals surface area (Å²) in [4.78, 5) is 48.4. The number of aromatic nitrogens is 2. The first kappa shape index (κ1) is 30.4. The average Bonchev–Trinajstić information content (AvgIpc) is 3.18. The number of anilines is 2. The highest BCUT2D eigenvalue weighted by atomic mass is 16.7. The summed E-state index contributed by atoms with van der Waals surface area (Å²) in [7, 11) is 5.96. The molecule has 208 valence electrons. The van der Waals surface area contributed by atoms with E-state index in [1.165, 1.54) is 21.3 Å². The number of hydroxylamine groups is 4. The second-order valence-corrected chi connectivity index (χ2v) is 10.8. The highest BCUT2D eigenvalue weighted by Gasteiger charge is 2.21. The lowest BCUT2D eigenvalue weighted by Crippen LogP contribution is -2.31. The molecule has 1 heterocycles. The quantitative estimate of drug-likeness (QED) is 0.338. The molecule has 0 saturated heterocycles. The Labute approximate surface area is 223 Å². The molecule has 0 aliphatic carbocycles. The lowest BCUT2D eigenvalue weighted by molar-refractivity contribution is -0.0757. The zero-order chi connectivity index (χ0) is 29.0. The number of hydrogen-bond donors (Lipinski definition) is 3. The molecule has 0 atom stereocenters. The van der Waals surface area contributed by atoms with Gasteiger partial charge in [0.15, 0.2) is 0 Å². The number of nitrogen functional groups attached to an aromatic ring is 1. The number of hydrogen-bond acceptors (Lipinski definition) is 7. The van der Waals surface area contributed by atoms with Gasteiger partial charge in [-0.15, -0.1) is 0 Å². The van der Waals surface area contributed by atoms with E-state index in [0.717, 1.165) is 21.3 Å². The third-order valence-corrected chi connectivity index (χ3v) is 5.53. The van der Waals surface area contributed by atoms with Gasteiger partial charge in [-0.3, -0.25) is 23.8 Å². The lowest BCUT2D eigenvalue weighted by Gasteiger charge is -2.23. The van der Waals surface area contributed by atoms with Crippen LogP contribution in [0.3, 0.4) is 0 Å². The number of aromatic amines is 1. The molecule has 0 aliphatic heterocycles. The molecule has 11 nitrogen and oxygen atoms in total. The van der Waals surface area contributed by atoms with Crippen LogP contribution in [0.4, 0.5) is 11.4 Å². The van der Waals surface area contributed by atoms with Gasteiger partial charge in [-0.1, -0.05) is 0 Å². The average molecular weight is 529 g/mol. The zero-order valence-corrected chi connectivity index (χ0v) is 23.9. The topological polar surface area (TPSA) is 135 Å². The van der Waals surface area contributed by atoms with Crippen molar-refractivity contribution in [3.8, 4) is 0 Å². The summed E-state index contributed by atoms with van der Waals surface area (Å²) in [6.07, 6.45) is 0. The number of rotatable bonds is 5. The van der Waals surface area contributed by atoms with Gasteiger partial charge in [0.1, 0.15) is 0 Å². The maximum Gasteiger partial charge on any atom is 0.326 e. The number of benzene rings is 2. The number of carbonyl (C=O) groups is 2. The van der Waals surface area contributed by atoms with E-state index in [9.17, 15) is 14.4 Å². The minimum atomic E-state index is -0.329. The van der Waals surface area contributed by atoms with Crippen LogP contribution in [-0.2, 0) is 15.2 Å². The summed E-state index contributed by atoms with van der Waals surface area (Å²) < 4.78 is 1.68. The molecular formula is C27H40N6O5. The molecule has 0 bridgehead atoms. The second kappa shape index (κ2) is 11.7. The molecule has 0 radical (unpaired) electrons. The smallest absolute Gasteiger partial charge is 0.326 e. The van der Waals surface area contributed by atoms with Crippen LogP contribution in [0.1, 0.15) is 62.3 Å². The lowest BCUT2D eigenvalue weighted by atomic mass is 10.1. The number of amides is 2. The molecule has 38 heavy (non-hydrogen) atoms. The van der Waals surface area contributed by atoms with Crippen molar-refractivity contribution < 1.29 is 19.3 Å². The van der Waals surface area contributed by atoms with Gasteiger partial charge >= 0.3 is 5.69 Å². The molecule has 0 unspecified atom stereocenters. The minimum absolute atomic E-state index is 0.0804. The Morgan fingerprint density at radius 3 is 1.84 bits per heavy atom. The molecule has 1 aromatic heterocycles. The third kappa shape index (κ3) is 7.36. The van der Waals surface area contributed by atoms with E-state index < -0.39 is 0 Å². The third-order valence-electron chi connectivity index (χ3n) is 5.53. The highest BCUT2D eigenvalue weighted by molar-refractivity contribution is 5.97. The summed E-state index contributed by atoms with van der Waals surface area (Å²) >= 11 is 0. The molecule has 0 aliphatic rings. The van der Waals surface area contributed by atoms with Crippen molar-refractivity contribution in [2.45, 2.75) is 52.6 Å². The van der Waals surface area contributed by atoms with Gasteiger partial charge in [0, 0.05) is 36.3 Å².